The van der Waals surface area contributed by atoms with Crippen molar-refractivity contribution in [2.75, 3.05) is 0 Å². The second-order valence-corrected chi connectivity index (χ2v) is 22.2. The monoisotopic (exact) mass is 907 g/mol. The highest BCUT2D eigenvalue weighted by atomic mass is 28.3. The lowest BCUT2D eigenvalue weighted by Gasteiger charge is -2.34. The van der Waals surface area contributed by atoms with Crippen LogP contribution in [0.3, 0.4) is 0 Å². The first-order valence-electron chi connectivity index (χ1n) is 24.2. The quantitative estimate of drug-likeness (QED) is 0.107. The first-order chi connectivity index (χ1) is 34.8. The molecule has 0 radical (unpaired) electrons. The molecule has 0 spiro atoms. The van der Waals surface area contributed by atoms with Crippen LogP contribution in [0.15, 0.2) is 273 Å². The van der Waals surface area contributed by atoms with Gasteiger partial charge in [0.15, 0.2) is 8.07 Å². The molecule has 4 heteroatoms. The van der Waals surface area contributed by atoms with Gasteiger partial charge < -0.3 is 13.7 Å². The summed E-state index contributed by atoms with van der Waals surface area (Å²) >= 11 is 0. The zero-order valence-electron chi connectivity index (χ0n) is 38.3. The van der Waals surface area contributed by atoms with Crippen molar-refractivity contribution in [1.29, 1.82) is 0 Å². The summed E-state index contributed by atoms with van der Waals surface area (Å²) in [5, 5.41) is 12.8. The second-order valence-electron chi connectivity index (χ2n) is 18.4. The van der Waals surface area contributed by atoms with Gasteiger partial charge in [-0.25, -0.2) is 0 Å². The molecular formula is C66H45N3Si. The molecular weight excluding hydrogens is 863 g/mol. The van der Waals surface area contributed by atoms with Gasteiger partial charge in [0.2, 0.25) is 0 Å². The minimum Gasteiger partial charge on any atom is -0.309 e. The summed E-state index contributed by atoms with van der Waals surface area (Å²) in [5.74, 6) is 0. The van der Waals surface area contributed by atoms with E-state index in [1.807, 2.05) is 0 Å². The van der Waals surface area contributed by atoms with Gasteiger partial charge in [0, 0.05) is 43.7 Å². The number of aromatic nitrogens is 3. The van der Waals surface area contributed by atoms with Crippen molar-refractivity contribution in [2.45, 2.75) is 0 Å². The standard InChI is InChI=1S/C66H45N3Si/c1-5-20-46(21-6-1)47-36-38-48(39-37-47)68-62-34-18-15-30-56(62)58-31-19-35-64(66(58)68)69-63-43-40-49(67-60-32-16-13-28-54(60)55-29-14-17-33-61(55)67)44-59(63)57-42-41-53(45-65(57)69)70(50-22-7-2-8-23-50,51-24-9-3-10-25-51)52-26-11-4-12-27-52/h1-45H. The molecule has 14 aromatic rings. The lowest BCUT2D eigenvalue weighted by molar-refractivity contribution is 1.13. The first-order valence-corrected chi connectivity index (χ1v) is 26.2. The molecule has 3 heterocycles. The smallest absolute Gasteiger partial charge is 0.179 e. The predicted molar refractivity (Wildman–Crippen MR) is 299 cm³/mol. The average Bonchev–Trinajstić information content (AvgIpc) is 4.08. The molecule has 0 aliphatic carbocycles. The molecule has 0 N–H and O–H groups in total. The van der Waals surface area contributed by atoms with Crippen LogP contribution >= 0.6 is 0 Å². The van der Waals surface area contributed by atoms with E-state index in [2.05, 4.69) is 287 Å². The van der Waals surface area contributed by atoms with E-state index < -0.39 is 8.07 Å². The van der Waals surface area contributed by atoms with Crippen LogP contribution in [0.1, 0.15) is 0 Å². The van der Waals surface area contributed by atoms with Gasteiger partial charge in [-0.05, 0) is 92.5 Å². The normalized spacial score (nSPS) is 12.0. The molecule has 328 valence electrons. The van der Waals surface area contributed by atoms with Gasteiger partial charge in [0.25, 0.3) is 0 Å². The van der Waals surface area contributed by atoms with Crippen LogP contribution in [0.5, 0.6) is 0 Å². The number of hydrogen-bond donors (Lipinski definition) is 0. The van der Waals surface area contributed by atoms with Crippen LogP contribution in [-0.2, 0) is 0 Å². The Morgan fingerprint density at radius 3 is 1.26 bits per heavy atom. The Balaban J connectivity index is 1.10. The number of fused-ring (bicyclic) bond motifs is 9. The highest BCUT2D eigenvalue weighted by molar-refractivity contribution is 7.20. The van der Waals surface area contributed by atoms with Crippen molar-refractivity contribution in [1.82, 2.24) is 13.7 Å². The molecule has 11 aromatic carbocycles. The molecule has 0 aliphatic rings. The van der Waals surface area contributed by atoms with E-state index >= 15 is 0 Å². The number of nitrogens with zero attached hydrogens (tertiary/aromatic N) is 3. The van der Waals surface area contributed by atoms with E-state index in [1.165, 1.54) is 91.8 Å². The summed E-state index contributed by atoms with van der Waals surface area (Å²) in [6, 6.07) is 101. The highest BCUT2D eigenvalue weighted by Gasteiger charge is 2.41. The molecule has 0 unspecified atom stereocenters. The lowest BCUT2D eigenvalue weighted by atomic mass is 10.1. The summed E-state index contributed by atoms with van der Waals surface area (Å²) in [4.78, 5) is 0. The minimum absolute atomic E-state index is 1.12. The summed E-state index contributed by atoms with van der Waals surface area (Å²) in [6.45, 7) is 0. The molecule has 14 rings (SSSR count). The number of para-hydroxylation sites is 4. The van der Waals surface area contributed by atoms with Crippen molar-refractivity contribution < 1.29 is 0 Å². The van der Waals surface area contributed by atoms with E-state index in [-0.39, 0.29) is 0 Å². The van der Waals surface area contributed by atoms with E-state index in [0.29, 0.717) is 0 Å². The molecule has 0 atom stereocenters. The van der Waals surface area contributed by atoms with E-state index in [4.69, 9.17) is 0 Å². The van der Waals surface area contributed by atoms with Gasteiger partial charge in [-0.2, -0.15) is 0 Å². The number of rotatable bonds is 8. The van der Waals surface area contributed by atoms with Crippen molar-refractivity contribution in [3.8, 4) is 28.2 Å². The van der Waals surface area contributed by atoms with Gasteiger partial charge >= 0.3 is 0 Å². The van der Waals surface area contributed by atoms with Crippen molar-refractivity contribution >= 4 is 94.2 Å². The van der Waals surface area contributed by atoms with Crippen molar-refractivity contribution in [3.63, 3.8) is 0 Å². The van der Waals surface area contributed by atoms with Crippen LogP contribution in [0.4, 0.5) is 0 Å². The minimum atomic E-state index is -2.91. The fourth-order valence-corrected chi connectivity index (χ4v) is 16.6. The van der Waals surface area contributed by atoms with Crippen molar-refractivity contribution in [2.24, 2.45) is 0 Å². The fourth-order valence-electron chi connectivity index (χ4n) is 11.8. The summed E-state index contributed by atoms with van der Waals surface area (Å²) in [7, 11) is -2.91. The Bertz CT molecular complexity index is 4110. The predicted octanol–water partition coefficient (Wildman–Crippen LogP) is 14.0. The molecule has 70 heavy (non-hydrogen) atoms. The Hall–Kier alpha value is -8.96. The molecule has 0 saturated heterocycles. The molecule has 3 nitrogen and oxygen atoms in total. The zero-order chi connectivity index (χ0) is 46.2. The molecule has 0 saturated carbocycles. The third kappa shape index (κ3) is 6.00. The Kier molecular flexibility index (Phi) is 9.23. The van der Waals surface area contributed by atoms with Crippen LogP contribution in [0, 0.1) is 0 Å². The van der Waals surface area contributed by atoms with E-state index in [9.17, 15) is 0 Å². The maximum absolute atomic E-state index is 2.91. The Morgan fingerprint density at radius 2 is 0.671 bits per heavy atom. The fraction of sp³-hybridized carbons (Fsp3) is 0. The Labute approximate surface area is 407 Å². The van der Waals surface area contributed by atoms with Gasteiger partial charge in [0.1, 0.15) is 0 Å². The van der Waals surface area contributed by atoms with Crippen LogP contribution in [0.2, 0.25) is 0 Å². The highest BCUT2D eigenvalue weighted by Crippen LogP contribution is 2.41. The van der Waals surface area contributed by atoms with Gasteiger partial charge in [-0.1, -0.05) is 212 Å². The molecule has 0 amide bonds. The van der Waals surface area contributed by atoms with Gasteiger partial charge in [-0.15, -0.1) is 0 Å². The third-order valence-corrected chi connectivity index (χ3v) is 19.6. The average molecular weight is 908 g/mol. The molecule has 3 aromatic heterocycles. The van der Waals surface area contributed by atoms with E-state index in [0.717, 1.165) is 22.6 Å². The van der Waals surface area contributed by atoms with Crippen LogP contribution < -0.4 is 20.7 Å². The first kappa shape index (κ1) is 40.1. The summed E-state index contributed by atoms with van der Waals surface area (Å²) < 4.78 is 7.50. The largest absolute Gasteiger partial charge is 0.309 e. The van der Waals surface area contributed by atoms with E-state index in [1.54, 1.807) is 0 Å². The SMILES string of the molecule is c1ccc(-c2ccc(-n3c4ccccc4c4cccc(-n5c6ccc(-n7c8ccccc8c8ccccc87)cc6c6ccc([Si](c7ccccc7)(c7ccccc7)c7ccccc7)cc65)c43)cc2)cc1. The summed E-state index contributed by atoms with van der Waals surface area (Å²) in [5.41, 5.74) is 12.9. The second kappa shape index (κ2) is 16.1. The number of benzene rings is 11. The molecule has 0 bridgehead atoms. The van der Waals surface area contributed by atoms with Crippen LogP contribution in [-0.4, -0.2) is 21.8 Å². The topological polar surface area (TPSA) is 14.8 Å². The van der Waals surface area contributed by atoms with Gasteiger partial charge in [-0.3, -0.25) is 0 Å². The molecule has 0 aliphatic heterocycles. The molecule has 0 fully saturated rings. The maximum Gasteiger partial charge on any atom is 0.179 e. The van der Waals surface area contributed by atoms with Crippen molar-refractivity contribution in [3.05, 3.63) is 273 Å². The maximum atomic E-state index is 2.57. The van der Waals surface area contributed by atoms with Gasteiger partial charge in [0.05, 0.1) is 38.8 Å². The zero-order valence-corrected chi connectivity index (χ0v) is 39.3. The lowest BCUT2D eigenvalue weighted by Crippen LogP contribution is -2.74. The van der Waals surface area contributed by atoms with Crippen LogP contribution in [0.25, 0.3) is 93.6 Å². The number of hydrogen-bond acceptors (Lipinski definition) is 0. The summed E-state index contributed by atoms with van der Waals surface area (Å²) in [6.07, 6.45) is 0. The Morgan fingerprint density at radius 1 is 0.229 bits per heavy atom. The third-order valence-electron chi connectivity index (χ3n) is 14.8.